The van der Waals surface area contributed by atoms with Crippen LogP contribution >= 0.6 is 0 Å². The van der Waals surface area contributed by atoms with Crippen molar-refractivity contribution in [2.75, 3.05) is 32.6 Å². The second-order valence-corrected chi connectivity index (χ2v) is 5.09. The first-order chi connectivity index (χ1) is 11.4. The van der Waals surface area contributed by atoms with E-state index in [1.54, 1.807) is 6.92 Å². The topological polar surface area (TPSA) is 155 Å². The van der Waals surface area contributed by atoms with Crippen LogP contribution in [-0.4, -0.2) is 68.3 Å². The fourth-order valence-corrected chi connectivity index (χ4v) is 2.27. The molecule has 0 aromatic carbocycles. The number of hydrogen-bond acceptors (Lipinski definition) is 9. The average Bonchev–Trinajstić information content (AvgIpc) is 3.00. The highest BCUT2D eigenvalue weighted by molar-refractivity contribution is 5.77. The van der Waals surface area contributed by atoms with E-state index in [2.05, 4.69) is 15.0 Å². The number of fused-ring (bicyclic) bond motifs is 1. The molecule has 0 aliphatic heterocycles. The van der Waals surface area contributed by atoms with Gasteiger partial charge in [0.1, 0.15) is 11.7 Å². The fourth-order valence-electron chi connectivity index (χ4n) is 2.27. The lowest BCUT2D eigenvalue weighted by Crippen LogP contribution is -2.55. The molecule has 2 rings (SSSR count). The third-order valence-electron chi connectivity index (χ3n) is 3.77. The van der Waals surface area contributed by atoms with Crippen LogP contribution in [0.3, 0.4) is 0 Å². The lowest BCUT2D eigenvalue weighted by atomic mass is 9.96. The van der Waals surface area contributed by atoms with Crippen LogP contribution in [0.4, 0.5) is 10.3 Å². The lowest BCUT2D eigenvalue weighted by Gasteiger charge is -2.35. The van der Waals surface area contributed by atoms with Crippen molar-refractivity contribution in [3.05, 3.63) is 6.33 Å². The lowest BCUT2D eigenvalue weighted by molar-refractivity contribution is -0.157. The van der Waals surface area contributed by atoms with Gasteiger partial charge in [-0.15, -0.1) is 0 Å². The molecule has 0 aliphatic rings. The van der Waals surface area contributed by atoms with Crippen LogP contribution in [0.5, 0.6) is 5.88 Å². The first kappa shape index (κ1) is 18.3. The Kier molecular flexibility index (Phi) is 5.49. The van der Waals surface area contributed by atoms with Gasteiger partial charge in [-0.3, -0.25) is 4.57 Å². The van der Waals surface area contributed by atoms with Crippen molar-refractivity contribution in [3.63, 3.8) is 0 Å². The summed E-state index contributed by atoms with van der Waals surface area (Å²) >= 11 is 0. The number of aromatic nitrogens is 4. The highest BCUT2D eigenvalue weighted by Gasteiger charge is 2.43. The molecule has 0 aliphatic carbocycles. The molecule has 2 aromatic rings. The molecule has 2 aromatic heterocycles. The molecule has 134 valence electrons. The van der Waals surface area contributed by atoms with E-state index in [9.17, 15) is 14.6 Å². The maximum atomic E-state index is 14.9. The SMILES string of the molecule is CCOc1nc(N)nc2c1ncn2[C@H](F)[C@H](O)C(CN)(CO)OC. The molecule has 0 saturated heterocycles. The number of nitrogen functional groups attached to an aromatic ring is 1. The summed E-state index contributed by atoms with van der Waals surface area (Å²) < 4.78 is 26.2. The number of alkyl halides is 1. The van der Waals surface area contributed by atoms with E-state index < -0.39 is 24.6 Å². The van der Waals surface area contributed by atoms with Gasteiger partial charge in [-0.1, -0.05) is 0 Å². The van der Waals surface area contributed by atoms with Crippen LogP contribution < -0.4 is 16.2 Å². The molecule has 11 heteroatoms. The van der Waals surface area contributed by atoms with E-state index in [0.29, 0.717) is 6.61 Å². The number of imidazole rings is 1. The van der Waals surface area contributed by atoms with Crippen LogP contribution in [0, 0.1) is 0 Å². The second-order valence-electron chi connectivity index (χ2n) is 5.09. The number of halogens is 1. The maximum Gasteiger partial charge on any atom is 0.247 e. The van der Waals surface area contributed by atoms with E-state index in [1.807, 2.05) is 0 Å². The number of methoxy groups -OCH3 is 1. The van der Waals surface area contributed by atoms with Crippen molar-refractivity contribution < 1.29 is 24.1 Å². The van der Waals surface area contributed by atoms with Crippen molar-refractivity contribution in [2.24, 2.45) is 5.73 Å². The summed E-state index contributed by atoms with van der Waals surface area (Å²) in [6.07, 6.45) is -2.69. The number of aliphatic hydroxyl groups excluding tert-OH is 2. The summed E-state index contributed by atoms with van der Waals surface area (Å²) in [5, 5.41) is 19.7. The molecule has 0 spiro atoms. The highest BCUT2D eigenvalue weighted by Crippen LogP contribution is 2.30. The second kappa shape index (κ2) is 7.21. The third-order valence-corrected chi connectivity index (χ3v) is 3.77. The number of nitrogens with zero attached hydrogens (tertiary/aromatic N) is 4. The summed E-state index contributed by atoms with van der Waals surface area (Å²) in [4.78, 5) is 11.9. The van der Waals surface area contributed by atoms with E-state index in [-0.39, 0.29) is 29.5 Å². The number of hydrogen-bond donors (Lipinski definition) is 4. The van der Waals surface area contributed by atoms with Crippen LogP contribution in [0.25, 0.3) is 11.2 Å². The predicted molar refractivity (Wildman–Crippen MR) is 82.9 cm³/mol. The fraction of sp³-hybridized carbons (Fsp3) is 0.615. The van der Waals surface area contributed by atoms with Crippen molar-refractivity contribution in [3.8, 4) is 5.88 Å². The molecule has 1 unspecified atom stereocenters. The Bertz CT molecular complexity index is 684. The molecule has 24 heavy (non-hydrogen) atoms. The number of anilines is 1. The van der Waals surface area contributed by atoms with Crippen molar-refractivity contribution in [1.29, 1.82) is 0 Å². The van der Waals surface area contributed by atoms with Gasteiger partial charge in [-0.05, 0) is 6.92 Å². The van der Waals surface area contributed by atoms with Gasteiger partial charge in [0, 0.05) is 13.7 Å². The maximum absolute atomic E-state index is 14.9. The van der Waals surface area contributed by atoms with Gasteiger partial charge in [-0.2, -0.15) is 9.97 Å². The Morgan fingerprint density at radius 1 is 1.46 bits per heavy atom. The van der Waals surface area contributed by atoms with Crippen LogP contribution in [0.1, 0.15) is 13.2 Å². The molecule has 10 nitrogen and oxygen atoms in total. The minimum absolute atomic E-state index is 0.0393. The molecule has 0 radical (unpaired) electrons. The standard InChI is InChI=1S/C13H21FN6O4/c1-3-24-11-7-10(18-12(16)19-11)20(6-17-7)9(14)8(22)13(4-15,5-21)23-2/h6,8-9,21-22H,3-5,15H2,1-2H3,(H2,16,18,19)/t8-,9-,13?/m0/s1. The average molecular weight is 344 g/mol. The molecule has 3 atom stereocenters. The van der Waals surface area contributed by atoms with Crippen LogP contribution in [0.15, 0.2) is 6.33 Å². The van der Waals surface area contributed by atoms with Gasteiger partial charge < -0.3 is 31.2 Å². The van der Waals surface area contributed by atoms with Crippen LogP contribution in [-0.2, 0) is 4.74 Å². The van der Waals surface area contributed by atoms with E-state index in [4.69, 9.17) is 20.9 Å². The molecule has 0 fully saturated rings. The Morgan fingerprint density at radius 2 is 2.17 bits per heavy atom. The van der Waals surface area contributed by atoms with Crippen molar-refractivity contribution >= 4 is 17.1 Å². The van der Waals surface area contributed by atoms with Gasteiger partial charge in [0.05, 0.1) is 19.5 Å². The van der Waals surface area contributed by atoms with Gasteiger partial charge in [0.2, 0.25) is 18.1 Å². The van der Waals surface area contributed by atoms with Gasteiger partial charge in [0.15, 0.2) is 11.2 Å². The smallest absolute Gasteiger partial charge is 0.247 e. The van der Waals surface area contributed by atoms with Gasteiger partial charge in [0.25, 0.3) is 0 Å². The van der Waals surface area contributed by atoms with Crippen molar-refractivity contribution in [1.82, 2.24) is 19.5 Å². The number of nitrogens with two attached hydrogens (primary N) is 2. The number of rotatable bonds is 8. The number of ether oxygens (including phenoxy) is 2. The Morgan fingerprint density at radius 3 is 2.71 bits per heavy atom. The largest absolute Gasteiger partial charge is 0.476 e. The molecular formula is C13H21FN6O4. The highest BCUT2D eigenvalue weighted by atomic mass is 19.1. The quantitative estimate of drug-likeness (QED) is 0.470. The molecule has 0 saturated carbocycles. The summed E-state index contributed by atoms with van der Waals surface area (Å²) in [5.74, 6) is -0.0206. The molecular weight excluding hydrogens is 323 g/mol. The third kappa shape index (κ3) is 2.98. The Balaban J connectivity index is 2.48. The molecule has 6 N–H and O–H groups in total. The summed E-state index contributed by atoms with van der Waals surface area (Å²) in [7, 11) is 1.22. The zero-order chi connectivity index (χ0) is 17.9. The van der Waals surface area contributed by atoms with Crippen LogP contribution in [0.2, 0.25) is 0 Å². The van der Waals surface area contributed by atoms with Crippen molar-refractivity contribution in [2.45, 2.75) is 24.9 Å². The first-order valence-electron chi connectivity index (χ1n) is 7.25. The Hall–Kier alpha value is -2.08. The normalized spacial score (nSPS) is 16.8. The van der Waals surface area contributed by atoms with E-state index in [1.165, 1.54) is 7.11 Å². The Labute approximate surface area is 137 Å². The predicted octanol–water partition coefficient (Wildman–Crippen LogP) is -1.03. The zero-order valence-corrected chi connectivity index (χ0v) is 13.4. The zero-order valence-electron chi connectivity index (χ0n) is 13.4. The summed E-state index contributed by atoms with van der Waals surface area (Å²) in [6, 6.07) is 0. The minimum atomic E-state index is -2.05. The van der Waals surface area contributed by atoms with E-state index in [0.717, 1.165) is 10.9 Å². The van der Waals surface area contributed by atoms with Gasteiger partial charge >= 0.3 is 0 Å². The molecule has 0 bridgehead atoms. The number of aliphatic hydroxyl groups is 2. The van der Waals surface area contributed by atoms with E-state index >= 15 is 0 Å². The molecule has 2 heterocycles. The van der Waals surface area contributed by atoms with Gasteiger partial charge in [-0.25, -0.2) is 9.37 Å². The molecule has 0 amide bonds. The monoisotopic (exact) mass is 344 g/mol. The minimum Gasteiger partial charge on any atom is -0.476 e. The first-order valence-corrected chi connectivity index (χ1v) is 7.25. The summed E-state index contributed by atoms with van der Waals surface area (Å²) in [6.45, 7) is 1.09. The summed E-state index contributed by atoms with van der Waals surface area (Å²) in [5.41, 5.74) is 9.69.